The lowest BCUT2D eigenvalue weighted by atomic mass is 10.3. The number of hydrogen-bond donors (Lipinski definition) is 1. The normalized spacial score (nSPS) is 10.2. The Morgan fingerprint density at radius 2 is 2.10 bits per heavy atom. The van der Waals surface area contributed by atoms with Crippen LogP contribution in [0.5, 0.6) is 0 Å². The summed E-state index contributed by atoms with van der Waals surface area (Å²) in [5.41, 5.74) is 3.86. The number of nitrogens with zero attached hydrogens (tertiary/aromatic N) is 6. The first-order chi connectivity index (χ1) is 9.99. The van der Waals surface area contributed by atoms with Crippen molar-refractivity contribution in [3.8, 4) is 12.1 Å². The van der Waals surface area contributed by atoms with Crippen LogP contribution in [-0.4, -0.2) is 19.8 Å². The molecule has 0 aliphatic heterocycles. The van der Waals surface area contributed by atoms with E-state index in [2.05, 4.69) is 15.5 Å². The lowest BCUT2D eigenvalue weighted by molar-refractivity contribution is 0.583. The minimum Gasteiger partial charge on any atom is -0.288 e. The van der Waals surface area contributed by atoms with Gasteiger partial charge in [-0.3, -0.25) is 14.6 Å². The average Bonchev–Trinajstić information content (AvgIpc) is 2.71. The van der Waals surface area contributed by atoms with Crippen LogP contribution in [-0.2, 0) is 7.05 Å². The summed E-state index contributed by atoms with van der Waals surface area (Å²) in [6, 6.07) is 4.99. The molecule has 0 bridgehead atoms. The van der Waals surface area contributed by atoms with Crippen LogP contribution in [0.15, 0.2) is 22.2 Å². The van der Waals surface area contributed by atoms with Crippen LogP contribution in [0, 0.1) is 22.7 Å². The van der Waals surface area contributed by atoms with Gasteiger partial charge >= 0.3 is 5.69 Å². The summed E-state index contributed by atoms with van der Waals surface area (Å²) < 4.78 is 3.09. The van der Waals surface area contributed by atoms with Crippen molar-refractivity contribution in [3.05, 3.63) is 22.7 Å². The second-order valence-corrected chi connectivity index (χ2v) is 4.67. The fourth-order valence-corrected chi connectivity index (χ4v) is 1.99. The Morgan fingerprint density at radius 1 is 1.43 bits per heavy atom. The number of rotatable bonds is 3. The summed E-state index contributed by atoms with van der Waals surface area (Å²) in [5, 5.41) is 20.9. The van der Waals surface area contributed by atoms with Gasteiger partial charge in [0.25, 0.3) is 0 Å². The standard InChI is InChI=1S/C13H13N7O/c1-8(2)20-11-4-9(17-18-10(5-14)6-15)7-16-12(11)19(3)13(20)21/h4,7-8,17H,1-3H3. The highest BCUT2D eigenvalue weighted by Crippen LogP contribution is 2.18. The Labute approximate surface area is 120 Å². The number of aromatic nitrogens is 3. The molecule has 0 radical (unpaired) electrons. The molecule has 2 aromatic heterocycles. The summed E-state index contributed by atoms with van der Waals surface area (Å²) >= 11 is 0. The number of nitriles is 2. The van der Waals surface area contributed by atoms with Crippen molar-refractivity contribution in [2.75, 3.05) is 5.43 Å². The van der Waals surface area contributed by atoms with Crippen molar-refractivity contribution in [3.63, 3.8) is 0 Å². The maximum atomic E-state index is 12.2. The van der Waals surface area contributed by atoms with Crippen molar-refractivity contribution in [2.24, 2.45) is 12.1 Å². The van der Waals surface area contributed by atoms with Crippen LogP contribution >= 0.6 is 0 Å². The van der Waals surface area contributed by atoms with Gasteiger partial charge in [0.15, 0.2) is 5.65 Å². The van der Waals surface area contributed by atoms with Gasteiger partial charge in [-0.15, -0.1) is 0 Å². The third kappa shape index (κ3) is 2.47. The molecule has 0 fully saturated rings. The van der Waals surface area contributed by atoms with Gasteiger partial charge in [0.1, 0.15) is 12.1 Å². The van der Waals surface area contributed by atoms with E-state index < -0.39 is 0 Å². The number of fused-ring (bicyclic) bond motifs is 1. The fourth-order valence-electron chi connectivity index (χ4n) is 1.99. The molecule has 0 saturated carbocycles. The summed E-state index contributed by atoms with van der Waals surface area (Å²) in [6.07, 6.45) is 1.49. The zero-order chi connectivity index (χ0) is 15.6. The number of hydrogen-bond acceptors (Lipinski definition) is 6. The molecule has 8 heteroatoms. The van der Waals surface area contributed by atoms with E-state index in [0.717, 1.165) is 0 Å². The van der Waals surface area contributed by atoms with E-state index in [4.69, 9.17) is 10.5 Å². The number of nitrogens with one attached hydrogen (secondary N) is 1. The van der Waals surface area contributed by atoms with Gasteiger partial charge in [0.2, 0.25) is 5.71 Å². The van der Waals surface area contributed by atoms with E-state index in [1.54, 1.807) is 29.8 Å². The van der Waals surface area contributed by atoms with Gasteiger partial charge in [0.05, 0.1) is 17.4 Å². The van der Waals surface area contributed by atoms with Crippen LogP contribution in [0.25, 0.3) is 11.2 Å². The molecule has 106 valence electrons. The molecule has 8 nitrogen and oxygen atoms in total. The lowest BCUT2D eigenvalue weighted by Crippen LogP contribution is -2.23. The minimum absolute atomic E-state index is 0.0180. The lowest BCUT2D eigenvalue weighted by Gasteiger charge is -2.07. The average molecular weight is 283 g/mol. The number of anilines is 1. The van der Waals surface area contributed by atoms with Crippen molar-refractivity contribution in [2.45, 2.75) is 19.9 Å². The van der Waals surface area contributed by atoms with E-state index in [1.807, 2.05) is 13.8 Å². The molecule has 0 aromatic carbocycles. The summed E-state index contributed by atoms with van der Waals surface area (Å²) in [4.78, 5) is 16.4. The fraction of sp³-hybridized carbons (Fsp3) is 0.308. The van der Waals surface area contributed by atoms with E-state index in [-0.39, 0.29) is 17.4 Å². The maximum absolute atomic E-state index is 12.2. The Hall–Kier alpha value is -3.13. The number of hydrazone groups is 1. The van der Waals surface area contributed by atoms with Gasteiger partial charge in [-0.2, -0.15) is 15.6 Å². The summed E-state index contributed by atoms with van der Waals surface area (Å²) in [6.45, 7) is 3.81. The van der Waals surface area contributed by atoms with Gasteiger partial charge in [-0.1, -0.05) is 0 Å². The molecule has 0 spiro atoms. The maximum Gasteiger partial charge on any atom is 0.330 e. The number of pyridine rings is 1. The first-order valence-electron chi connectivity index (χ1n) is 6.20. The topological polar surface area (TPSA) is 112 Å². The van der Waals surface area contributed by atoms with Crippen molar-refractivity contribution in [1.82, 2.24) is 14.1 Å². The zero-order valence-corrected chi connectivity index (χ0v) is 11.8. The Bertz CT molecular complexity index is 841. The van der Waals surface area contributed by atoms with Crippen molar-refractivity contribution in [1.29, 1.82) is 10.5 Å². The Kier molecular flexibility index (Phi) is 3.72. The summed E-state index contributed by atoms with van der Waals surface area (Å²) in [5.74, 6) is 0. The van der Waals surface area contributed by atoms with E-state index in [0.29, 0.717) is 16.9 Å². The van der Waals surface area contributed by atoms with Crippen LogP contribution in [0.4, 0.5) is 5.69 Å². The minimum atomic E-state index is -0.288. The molecule has 0 amide bonds. The molecule has 2 rings (SSSR count). The summed E-state index contributed by atoms with van der Waals surface area (Å²) in [7, 11) is 1.66. The smallest absolute Gasteiger partial charge is 0.288 e. The quantitative estimate of drug-likeness (QED) is 0.670. The van der Waals surface area contributed by atoms with Gasteiger partial charge in [-0.25, -0.2) is 9.78 Å². The molecule has 0 saturated heterocycles. The van der Waals surface area contributed by atoms with E-state index in [9.17, 15) is 4.79 Å². The van der Waals surface area contributed by atoms with Crippen LogP contribution in [0.3, 0.4) is 0 Å². The van der Waals surface area contributed by atoms with Gasteiger partial charge in [-0.05, 0) is 19.9 Å². The molecule has 1 N–H and O–H groups in total. The highest BCUT2D eigenvalue weighted by molar-refractivity contribution is 6.10. The van der Waals surface area contributed by atoms with Crippen LogP contribution in [0.2, 0.25) is 0 Å². The Balaban J connectivity index is 2.55. The highest BCUT2D eigenvalue weighted by atomic mass is 16.1. The molecule has 2 heterocycles. The predicted octanol–water partition coefficient (Wildman–Crippen LogP) is 1.13. The third-order valence-electron chi connectivity index (χ3n) is 2.94. The van der Waals surface area contributed by atoms with E-state index >= 15 is 0 Å². The van der Waals surface area contributed by atoms with Gasteiger partial charge < -0.3 is 0 Å². The number of aryl methyl sites for hydroxylation is 1. The molecular weight excluding hydrogens is 270 g/mol. The van der Waals surface area contributed by atoms with Crippen molar-refractivity contribution < 1.29 is 0 Å². The molecule has 21 heavy (non-hydrogen) atoms. The monoisotopic (exact) mass is 283 g/mol. The first kappa shape index (κ1) is 14.3. The molecule has 0 aliphatic carbocycles. The SMILES string of the molecule is CC(C)n1c(=O)n(C)c2ncc(NN=C(C#N)C#N)cc21. The van der Waals surface area contributed by atoms with Crippen LogP contribution in [0.1, 0.15) is 19.9 Å². The molecule has 0 atom stereocenters. The first-order valence-corrected chi connectivity index (χ1v) is 6.20. The molecular formula is C13H13N7O. The number of imidazole rings is 1. The second-order valence-electron chi connectivity index (χ2n) is 4.67. The van der Waals surface area contributed by atoms with Crippen molar-refractivity contribution >= 4 is 22.6 Å². The largest absolute Gasteiger partial charge is 0.330 e. The molecule has 0 unspecified atom stereocenters. The van der Waals surface area contributed by atoms with Crippen LogP contribution < -0.4 is 11.1 Å². The molecule has 2 aromatic rings. The van der Waals surface area contributed by atoms with Gasteiger partial charge in [0, 0.05) is 13.1 Å². The van der Waals surface area contributed by atoms with E-state index in [1.165, 1.54) is 10.8 Å². The molecule has 0 aliphatic rings. The second kappa shape index (κ2) is 5.47. The highest BCUT2D eigenvalue weighted by Gasteiger charge is 2.14. The Morgan fingerprint density at radius 3 is 2.67 bits per heavy atom. The third-order valence-corrected chi connectivity index (χ3v) is 2.94. The predicted molar refractivity (Wildman–Crippen MR) is 77.6 cm³/mol. The zero-order valence-electron chi connectivity index (χ0n) is 11.8.